The van der Waals surface area contributed by atoms with Crippen molar-refractivity contribution >= 4 is 18.2 Å². The smallest absolute Gasteiger partial charge is 0.298 e. The molecule has 0 heterocycles. The lowest BCUT2D eigenvalue weighted by Crippen LogP contribution is -2.14. The highest BCUT2D eigenvalue weighted by Gasteiger charge is 2.33. The van der Waals surface area contributed by atoms with Gasteiger partial charge in [0.1, 0.15) is 0 Å². The molecule has 1 atom stereocenters. The summed E-state index contributed by atoms with van der Waals surface area (Å²) in [6.45, 7) is 5.51. The zero-order valence-corrected chi connectivity index (χ0v) is 12.6. The lowest BCUT2D eigenvalue weighted by atomic mass is 10.0. The Morgan fingerprint density at radius 3 is 2.00 bits per heavy atom. The third-order valence-electron chi connectivity index (χ3n) is 3.27. The highest BCUT2D eigenvalue weighted by Crippen LogP contribution is 2.44. The van der Waals surface area contributed by atoms with Crippen molar-refractivity contribution in [3.8, 4) is 0 Å². The fourth-order valence-electron chi connectivity index (χ4n) is 2.42. The van der Waals surface area contributed by atoms with Crippen molar-refractivity contribution in [1.29, 1.82) is 0 Å². The molecule has 3 nitrogen and oxygen atoms in total. The maximum atomic E-state index is 12.5. The van der Waals surface area contributed by atoms with Gasteiger partial charge in [0.2, 0.25) is 0 Å². The second kappa shape index (κ2) is 5.35. The molecule has 2 aromatic rings. The first-order valence-electron chi connectivity index (χ1n) is 6.35. The molecule has 1 unspecified atom stereocenters. The van der Waals surface area contributed by atoms with Gasteiger partial charge in [-0.05, 0) is 44.0 Å². The zero-order valence-electron chi connectivity index (χ0n) is 11.8. The third kappa shape index (κ3) is 2.60. The molecule has 20 heavy (non-hydrogen) atoms. The van der Waals surface area contributed by atoms with Gasteiger partial charge in [-0.25, -0.2) is 0 Å². The summed E-state index contributed by atoms with van der Waals surface area (Å²) in [4.78, 5) is 22.7. The van der Waals surface area contributed by atoms with Crippen LogP contribution in [0.15, 0.2) is 42.5 Å². The van der Waals surface area contributed by atoms with Crippen LogP contribution in [-0.4, -0.2) is 10.4 Å². The largest absolute Gasteiger partial charge is 0.336 e. The van der Waals surface area contributed by atoms with E-state index in [0.29, 0.717) is 5.56 Å². The van der Waals surface area contributed by atoms with Gasteiger partial charge >= 0.3 is 0 Å². The Labute approximate surface area is 118 Å². The topological polar surface area (TPSA) is 54.4 Å². The summed E-state index contributed by atoms with van der Waals surface area (Å²) in [5.41, 5.74) is 2.16. The van der Waals surface area contributed by atoms with Gasteiger partial charge in [0.15, 0.2) is 0 Å². The summed E-state index contributed by atoms with van der Waals surface area (Å²) in [6.07, 6.45) is 0. The molecule has 0 bridgehead atoms. The SMILES string of the molecule is Cc1cc(C)c(C(=O)P(=O)(O)c2ccccc2)c(C)c1. The molecule has 2 rings (SSSR count). The number of rotatable bonds is 3. The van der Waals surface area contributed by atoms with E-state index in [0.717, 1.165) is 16.7 Å². The van der Waals surface area contributed by atoms with Crippen LogP contribution in [-0.2, 0) is 4.57 Å². The van der Waals surface area contributed by atoms with Gasteiger partial charge in [0.05, 0.1) is 0 Å². The van der Waals surface area contributed by atoms with E-state index in [4.69, 9.17) is 0 Å². The van der Waals surface area contributed by atoms with Crippen LogP contribution in [0.3, 0.4) is 0 Å². The molecule has 0 saturated heterocycles. The average Bonchev–Trinajstić information content (AvgIpc) is 2.38. The first-order valence-corrected chi connectivity index (χ1v) is 8.01. The zero-order chi connectivity index (χ0) is 14.9. The van der Waals surface area contributed by atoms with Gasteiger partial charge in [-0.3, -0.25) is 9.36 Å². The summed E-state index contributed by atoms with van der Waals surface area (Å²) in [7, 11) is -4.07. The van der Waals surface area contributed by atoms with E-state index in [9.17, 15) is 14.3 Å². The predicted molar refractivity (Wildman–Crippen MR) is 80.9 cm³/mol. The Morgan fingerprint density at radius 2 is 1.50 bits per heavy atom. The van der Waals surface area contributed by atoms with Gasteiger partial charge in [-0.15, -0.1) is 0 Å². The molecule has 0 aliphatic rings. The van der Waals surface area contributed by atoms with Gasteiger partial charge in [0.25, 0.3) is 12.9 Å². The molecule has 4 heteroatoms. The summed E-state index contributed by atoms with van der Waals surface area (Å²) in [6, 6.07) is 11.8. The van der Waals surface area contributed by atoms with Crippen molar-refractivity contribution in [3.63, 3.8) is 0 Å². The first-order chi connectivity index (χ1) is 9.34. The average molecular weight is 288 g/mol. The van der Waals surface area contributed by atoms with Crippen molar-refractivity contribution in [2.24, 2.45) is 0 Å². The number of hydrogen-bond donors (Lipinski definition) is 1. The highest BCUT2D eigenvalue weighted by atomic mass is 31.2. The third-order valence-corrected chi connectivity index (χ3v) is 5.04. The summed E-state index contributed by atoms with van der Waals surface area (Å²) >= 11 is 0. The normalized spacial score (nSPS) is 13.8. The van der Waals surface area contributed by atoms with E-state index in [-0.39, 0.29) is 5.30 Å². The molecule has 104 valence electrons. The second-order valence-electron chi connectivity index (χ2n) is 4.99. The molecular formula is C16H17O3P. The van der Waals surface area contributed by atoms with Gasteiger partial charge < -0.3 is 4.89 Å². The molecule has 0 radical (unpaired) electrons. The molecule has 0 aliphatic heterocycles. The molecule has 1 N–H and O–H groups in total. The number of carbonyl (C=O) groups excluding carboxylic acids is 1. The molecule has 0 spiro atoms. The standard InChI is InChI=1S/C16H17O3P/c1-11-9-12(2)15(13(3)10-11)16(17)20(18,19)14-7-5-4-6-8-14/h4-10H,1-3H3,(H,18,19). The Hall–Kier alpha value is -1.70. The molecule has 0 aliphatic carbocycles. The molecule has 2 aromatic carbocycles. The molecule has 0 saturated carbocycles. The minimum atomic E-state index is -4.07. The van der Waals surface area contributed by atoms with Crippen LogP contribution in [0.1, 0.15) is 27.0 Å². The summed E-state index contributed by atoms with van der Waals surface area (Å²) < 4.78 is 12.5. The fourth-order valence-corrected chi connectivity index (χ4v) is 3.88. The summed E-state index contributed by atoms with van der Waals surface area (Å²) in [5, 5.41) is 0.171. The minimum absolute atomic E-state index is 0.171. The predicted octanol–water partition coefficient (Wildman–Crippen LogP) is 3.35. The van der Waals surface area contributed by atoms with Crippen LogP contribution in [0.4, 0.5) is 0 Å². The molecule has 0 aromatic heterocycles. The van der Waals surface area contributed by atoms with Crippen LogP contribution in [0.2, 0.25) is 0 Å². The van der Waals surface area contributed by atoms with Gasteiger partial charge in [-0.2, -0.15) is 0 Å². The van der Waals surface area contributed by atoms with Crippen molar-refractivity contribution < 1.29 is 14.3 Å². The van der Waals surface area contributed by atoms with E-state index >= 15 is 0 Å². The van der Waals surface area contributed by atoms with E-state index in [1.165, 1.54) is 12.1 Å². The lowest BCUT2D eigenvalue weighted by Gasteiger charge is -2.15. The number of carbonyl (C=O) groups is 1. The van der Waals surface area contributed by atoms with Crippen molar-refractivity contribution in [1.82, 2.24) is 0 Å². The monoisotopic (exact) mass is 288 g/mol. The van der Waals surface area contributed by atoms with Crippen LogP contribution in [0.5, 0.6) is 0 Å². The number of benzene rings is 2. The molecule has 0 amide bonds. The maximum Gasteiger partial charge on any atom is 0.298 e. The van der Waals surface area contributed by atoms with E-state index in [1.54, 1.807) is 32.0 Å². The van der Waals surface area contributed by atoms with Crippen molar-refractivity contribution in [2.45, 2.75) is 20.8 Å². The van der Waals surface area contributed by atoms with Crippen LogP contribution >= 0.6 is 7.37 Å². The number of hydrogen-bond acceptors (Lipinski definition) is 2. The fraction of sp³-hybridized carbons (Fsp3) is 0.188. The van der Waals surface area contributed by atoms with Crippen LogP contribution < -0.4 is 5.30 Å². The Balaban J connectivity index is 2.55. The van der Waals surface area contributed by atoms with Gasteiger partial charge in [-0.1, -0.05) is 35.9 Å². The highest BCUT2D eigenvalue weighted by molar-refractivity contribution is 7.82. The Morgan fingerprint density at radius 1 is 1.00 bits per heavy atom. The van der Waals surface area contributed by atoms with E-state index < -0.39 is 12.9 Å². The van der Waals surface area contributed by atoms with Crippen molar-refractivity contribution in [3.05, 3.63) is 64.7 Å². The van der Waals surface area contributed by atoms with E-state index in [1.807, 2.05) is 19.1 Å². The summed E-state index contributed by atoms with van der Waals surface area (Å²) in [5.74, 6) is 0. The Kier molecular flexibility index (Phi) is 3.94. The Bertz CT molecular complexity index is 682. The van der Waals surface area contributed by atoms with Crippen molar-refractivity contribution in [2.75, 3.05) is 0 Å². The quantitative estimate of drug-likeness (QED) is 0.881. The minimum Gasteiger partial charge on any atom is -0.336 e. The van der Waals surface area contributed by atoms with Crippen LogP contribution in [0, 0.1) is 20.8 Å². The molecular weight excluding hydrogens is 271 g/mol. The lowest BCUT2D eigenvalue weighted by molar-refractivity contribution is 0.106. The van der Waals surface area contributed by atoms with Gasteiger partial charge in [0, 0.05) is 10.9 Å². The number of aryl methyl sites for hydroxylation is 3. The second-order valence-corrected chi connectivity index (χ2v) is 7.07. The molecule has 0 fully saturated rings. The maximum absolute atomic E-state index is 12.5. The van der Waals surface area contributed by atoms with E-state index in [2.05, 4.69) is 0 Å². The first kappa shape index (κ1) is 14.7. The van der Waals surface area contributed by atoms with Crippen LogP contribution in [0.25, 0.3) is 0 Å².